The second-order valence-electron chi connectivity index (χ2n) is 7.42. The molecule has 26 heavy (non-hydrogen) atoms. The van der Waals surface area contributed by atoms with E-state index >= 15 is 0 Å². The summed E-state index contributed by atoms with van der Waals surface area (Å²) in [6.45, 7) is 1.50. The third kappa shape index (κ3) is 2.94. The fourth-order valence-corrected chi connectivity index (χ4v) is 4.63. The van der Waals surface area contributed by atoms with Crippen molar-refractivity contribution >= 4 is 11.7 Å². The van der Waals surface area contributed by atoms with Crippen LogP contribution in [0.3, 0.4) is 0 Å². The van der Waals surface area contributed by atoms with Crippen LogP contribution in [-0.2, 0) is 0 Å². The Morgan fingerprint density at radius 1 is 0.923 bits per heavy atom. The van der Waals surface area contributed by atoms with Crippen molar-refractivity contribution in [3.8, 4) is 0 Å². The summed E-state index contributed by atoms with van der Waals surface area (Å²) in [5.41, 5.74) is 2.16. The highest BCUT2D eigenvalue weighted by atomic mass is 19.1. The molecule has 2 heterocycles. The lowest BCUT2D eigenvalue weighted by Crippen LogP contribution is -2.46. The number of hydrogen-bond donors (Lipinski definition) is 0. The van der Waals surface area contributed by atoms with Gasteiger partial charge in [0.15, 0.2) is 5.78 Å². The summed E-state index contributed by atoms with van der Waals surface area (Å²) in [6, 6.07) is 14.2. The molecule has 3 nitrogen and oxygen atoms in total. The molecule has 2 aliphatic heterocycles. The van der Waals surface area contributed by atoms with Crippen LogP contribution in [0.15, 0.2) is 48.5 Å². The molecule has 134 valence electrons. The summed E-state index contributed by atoms with van der Waals surface area (Å²) in [5.74, 6) is 0.0359. The van der Waals surface area contributed by atoms with E-state index in [4.69, 9.17) is 0 Å². The molecule has 2 unspecified atom stereocenters. The molecule has 4 rings (SSSR count). The second kappa shape index (κ2) is 6.67. The number of piperidine rings is 1. The molecule has 4 heteroatoms. The van der Waals surface area contributed by atoms with E-state index < -0.39 is 0 Å². The number of Topliss-reactive ketones (excluding diaryl/α,β-unsaturated/α-hetero) is 1. The van der Waals surface area contributed by atoms with E-state index in [1.807, 2.05) is 23.1 Å². The Bertz CT molecular complexity index is 831. The van der Waals surface area contributed by atoms with E-state index in [1.165, 1.54) is 19.1 Å². The molecule has 1 amide bonds. The van der Waals surface area contributed by atoms with Gasteiger partial charge in [-0.3, -0.25) is 9.59 Å². The maximum atomic E-state index is 13.2. The van der Waals surface area contributed by atoms with E-state index in [1.54, 1.807) is 18.2 Å². The summed E-state index contributed by atoms with van der Waals surface area (Å²) in [7, 11) is 0. The van der Waals surface area contributed by atoms with Crippen molar-refractivity contribution in [1.29, 1.82) is 0 Å². The molecule has 2 saturated heterocycles. The smallest absolute Gasteiger partial charge is 0.255 e. The molecule has 0 spiro atoms. The number of carbonyl (C=O) groups excluding carboxylic acids is 2. The largest absolute Gasteiger partial charge is 0.333 e. The molecule has 2 fully saturated rings. The summed E-state index contributed by atoms with van der Waals surface area (Å²) in [4.78, 5) is 27.1. The highest BCUT2D eigenvalue weighted by Gasteiger charge is 2.44. The second-order valence-corrected chi connectivity index (χ2v) is 7.42. The number of amides is 1. The van der Waals surface area contributed by atoms with E-state index in [0.29, 0.717) is 17.0 Å². The number of benzene rings is 2. The van der Waals surface area contributed by atoms with E-state index in [2.05, 4.69) is 0 Å². The molecular weight excluding hydrogens is 329 g/mol. The van der Waals surface area contributed by atoms with Crippen molar-refractivity contribution in [3.63, 3.8) is 0 Å². The van der Waals surface area contributed by atoms with Gasteiger partial charge in [0.25, 0.3) is 5.91 Å². The first-order valence-corrected chi connectivity index (χ1v) is 9.22. The maximum absolute atomic E-state index is 13.2. The summed E-state index contributed by atoms with van der Waals surface area (Å²) >= 11 is 0. The average molecular weight is 351 g/mol. The molecule has 2 aliphatic rings. The summed E-state index contributed by atoms with van der Waals surface area (Å²) < 4.78 is 13.2. The van der Waals surface area contributed by atoms with Crippen LogP contribution in [0.4, 0.5) is 4.39 Å². The number of nitrogens with zero attached hydrogens (tertiary/aromatic N) is 1. The number of fused-ring (bicyclic) bond motifs is 2. The number of rotatable bonds is 3. The van der Waals surface area contributed by atoms with Crippen molar-refractivity contribution in [1.82, 2.24) is 4.90 Å². The van der Waals surface area contributed by atoms with Crippen molar-refractivity contribution in [2.75, 3.05) is 0 Å². The monoisotopic (exact) mass is 351 g/mol. The minimum absolute atomic E-state index is 0.0270. The van der Waals surface area contributed by atoms with Crippen molar-refractivity contribution in [2.45, 2.75) is 50.6 Å². The number of carbonyl (C=O) groups is 2. The van der Waals surface area contributed by atoms with Gasteiger partial charge in [0, 0.05) is 17.6 Å². The first-order chi connectivity index (χ1) is 12.5. The zero-order valence-corrected chi connectivity index (χ0v) is 14.8. The van der Waals surface area contributed by atoms with Gasteiger partial charge in [0.05, 0.1) is 5.56 Å². The fourth-order valence-electron chi connectivity index (χ4n) is 4.63. The standard InChI is InChI=1S/C22H22FNO2/c1-14(25)20-4-2-3-5-21(20)22(26)24-18-10-11-19(24)13-16(12-18)15-6-8-17(23)9-7-15/h2-9,16,18-19H,10-13H2,1H3. The molecular formula is C22H22FNO2. The Balaban J connectivity index is 1.58. The molecule has 0 saturated carbocycles. The van der Waals surface area contributed by atoms with E-state index in [0.717, 1.165) is 31.2 Å². The number of halogens is 1. The van der Waals surface area contributed by atoms with Crippen LogP contribution in [0.5, 0.6) is 0 Å². The lowest BCUT2D eigenvalue weighted by Gasteiger charge is -2.39. The molecule has 0 N–H and O–H groups in total. The maximum Gasteiger partial charge on any atom is 0.255 e. The van der Waals surface area contributed by atoms with Crippen LogP contribution in [0.2, 0.25) is 0 Å². The summed E-state index contributed by atoms with van der Waals surface area (Å²) in [6.07, 6.45) is 3.79. The zero-order valence-electron chi connectivity index (χ0n) is 14.8. The topological polar surface area (TPSA) is 37.4 Å². The zero-order chi connectivity index (χ0) is 18.3. The van der Waals surface area contributed by atoms with E-state index in [9.17, 15) is 14.0 Å². The van der Waals surface area contributed by atoms with Crippen LogP contribution in [-0.4, -0.2) is 28.7 Å². The van der Waals surface area contributed by atoms with E-state index in [-0.39, 0.29) is 29.6 Å². The highest BCUT2D eigenvalue weighted by molar-refractivity contribution is 6.07. The van der Waals surface area contributed by atoms with Gasteiger partial charge in [-0.2, -0.15) is 0 Å². The average Bonchev–Trinajstić information content (AvgIpc) is 2.91. The van der Waals surface area contributed by atoms with Gasteiger partial charge in [-0.25, -0.2) is 4.39 Å². The molecule has 0 aromatic heterocycles. The minimum Gasteiger partial charge on any atom is -0.333 e. The van der Waals surface area contributed by atoms with Gasteiger partial charge in [0.2, 0.25) is 0 Å². The van der Waals surface area contributed by atoms with Crippen LogP contribution in [0, 0.1) is 5.82 Å². The van der Waals surface area contributed by atoms with Crippen LogP contribution in [0.25, 0.3) is 0 Å². The van der Waals surface area contributed by atoms with Crippen molar-refractivity contribution < 1.29 is 14.0 Å². The molecule has 2 aromatic carbocycles. The van der Waals surface area contributed by atoms with Gasteiger partial charge in [-0.15, -0.1) is 0 Å². The minimum atomic E-state index is -0.217. The molecule has 2 bridgehead atoms. The normalized spacial score (nSPS) is 24.5. The quantitative estimate of drug-likeness (QED) is 0.759. The van der Waals surface area contributed by atoms with Crippen molar-refractivity contribution in [3.05, 3.63) is 71.0 Å². The van der Waals surface area contributed by atoms with Gasteiger partial charge in [-0.05, 0) is 62.3 Å². The Morgan fingerprint density at radius 2 is 1.50 bits per heavy atom. The number of ketones is 1. The highest BCUT2D eigenvalue weighted by Crippen LogP contribution is 2.43. The van der Waals surface area contributed by atoms with Crippen molar-refractivity contribution in [2.24, 2.45) is 0 Å². The van der Waals surface area contributed by atoms with Gasteiger partial charge in [-0.1, -0.05) is 30.3 Å². The molecule has 0 aliphatic carbocycles. The third-order valence-corrected chi connectivity index (χ3v) is 5.85. The van der Waals surface area contributed by atoms with Gasteiger partial charge < -0.3 is 4.90 Å². The third-order valence-electron chi connectivity index (χ3n) is 5.85. The van der Waals surface area contributed by atoms with Crippen LogP contribution in [0.1, 0.15) is 64.8 Å². The van der Waals surface area contributed by atoms with Crippen LogP contribution < -0.4 is 0 Å². The fraction of sp³-hybridized carbons (Fsp3) is 0.364. The first kappa shape index (κ1) is 17.0. The predicted molar refractivity (Wildman–Crippen MR) is 97.8 cm³/mol. The Kier molecular flexibility index (Phi) is 4.35. The lowest BCUT2D eigenvalue weighted by atomic mass is 9.84. The summed E-state index contributed by atoms with van der Waals surface area (Å²) in [5, 5.41) is 0. The lowest BCUT2D eigenvalue weighted by molar-refractivity contribution is 0.0568. The SMILES string of the molecule is CC(=O)c1ccccc1C(=O)N1C2CCC1CC(c1ccc(F)cc1)C2. The Morgan fingerprint density at radius 3 is 2.08 bits per heavy atom. The van der Waals surface area contributed by atoms with Gasteiger partial charge in [0.1, 0.15) is 5.82 Å². The first-order valence-electron chi connectivity index (χ1n) is 9.22. The predicted octanol–water partition coefficient (Wildman–Crippen LogP) is 4.58. The van der Waals surface area contributed by atoms with Crippen LogP contribution >= 0.6 is 0 Å². The Hall–Kier alpha value is -2.49. The van der Waals surface area contributed by atoms with Gasteiger partial charge >= 0.3 is 0 Å². The molecule has 2 aromatic rings. The molecule has 0 radical (unpaired) electrons. The number of hydrogen-bond acceptors (Lipinski definition) is 2. The Labute approximate surface area is 152 Å². The molecule has 2 atom stereocenters.